The Morgan fingerprint density at radius 2 is 2.12 bits per heavy atom. The number of carbonyl (C=O) groups excluding carboxylic acids is 1. The normalized spacial score (nSPS) is 17.4. The van der Waals surface area contributed by atoms with Crippen LogP contribution in [-0.2, 0) is 14.3 Å². The van der Waals surface area contributed by atoms with Gasteiger partial charge in [0.1, 0.15) is 17.4 Å². The van der Waals surface area contributed by atoms with Crippen molar-refractivity contribution in [3.05, 3.63) is 56.6 Å². The summed E-state index contributed by atoms with van der Waals surface area (Å²) >= 11 is 12.4. The van der Waals surface area contributed by atoms with Crippen LogP contribution >= 0.6 is 23.2 Å². The van der Waals surface area contributed by atoms with Crippen LogP contribution in [0, 0.1) is 11.3 Å². The molecule has 1 aromatic carbocycles. The fourth-order valence-corrected chi connectivity index (χ4v) is 2.98. The van der Waals surface area contributed by atoms with Gasteiger partial charge in [-0.1, -0.05) is 42.3 Å². The highest BCUT2D eigenvalue weighted by Gasteiger charge is 2.38. The van der Waals surface area contributed by atoms with Crippen molar-refractivity contribution < 1.29 is 14.3 Å². The zero-order chi connectivity index (χ0) is 17.9. The minimum Gasteiger partial charge on any atom is -0.463 e. The third-order valence-corrected chi connectivity index (χ3v) is 4.44. The Bertz CT molecular complexity index is 779. The molecule has 0 amide bonds. The molecule has 0 radical (unpaired) electrons. The lowest BCUT2D eigenvalue weighted by molar-refractivity contribution is -0.139. The van der Waals surface area contributed by atoms with E-state index in [2.05, 4.69) is 0 Å². The molecule has 0 bridgehead atoms. The van der Waals surface area contributed by atoms with E-state index in [0.29, 0.717) is 22.8 Å². The summed E-state index contributed by atoms with van der Waals surface area (Å²) in [5.74, 6) is -1.06. The van der Waals surface area contributed by atoms with Crippen LogP contribution in [0.4, 0.5) is 0 Å². The maximum atomic E-state index is 12.5. The summed E-state index contributed by atoms with van der Waals surface area (Å²) < 4.78 is 10.6. The summed E-state index contributed by atoms with van der Waals surface area (Å²) in [6.07, 6.45) is 0.405. The van der Waals surface area contributed by atoms with Gasteiger partial charge in [0.05, 0.1) is 28.1 Å². The molecule has 2 rings (SSSR count). The van der Waals surface area contributed by atoms with E-state index in [9.17, 15) is 10.1 Å². The molecule has 0 fully saturated rings. The number of nitrogens with zero attached hydrogens (tertiary/aromatic N) is 1. The molecular formula is C17H16Cl2N2O3. The van der Waals surface area contributed by atoms with Gasteiger partial charge in [0.15, 0.2) is 0 Å². The van der Waals surface area contributed by atoms with Crippen LogP contribution in [0.25, 0.3) is 0 Å². The lowest BCUT2D eigenvalue weighted by Gasteiger charge is -2.28. The van der Waals surface area contributed by atoms with Crippen LogP contribution in [0.5, 0.6) is 0 Å². The van der Waals surface area contributed by atoms with E-state index in [1.54, 1.807) is 25.1 Å². The number of rotatable bonds is 4. The van der Waals surface area contributed by atoms with Crippen molar-refractivity contribution in [1.29, 1.82) is 5.26 Å². The maximum absolute atomic E-state index is 12.5. The summed E-state index contributed by atoms with van der Waals surface area (Å²) in [7, 11) is 0. The Labute approximate surface area is 150 Å². The Hall–Kier alpha value is -2.16. The first-order chi connectivity index (χ1) is 11.5. The highest BCUT2D eigenvalue weighted by molar-refractivity contribution is 6.42. The van der Waals surface area contributed by atoms with Crippen LogP contribution in [0.2, 0.25) is 10.0 Å². The second kappa shape index (κ2) is 7.61. The van der Waals surface area contributed by atoms with Crippen molar-refractivity contribution in [3.8, 4) is 6.07 Å². The SMILES string of the molecule is CCOC(=O)C1=C(CC)OC(N)=C(C#N)C1c1cccc(Cl)c1Cl. The fourth-order valence-electron chi connectivity index (χ4n) is 2.57. The van der Waals surface area contributed by atoms with Crippen molar-refractivity contribution in [2.75, 3.05) is 6.61 Å². The monoisotopic (exact) mass is 366 g/mol. The molecule has 1 aromatic rings. The average molecular weight is 367 g/mol. The third kappa shape index (κ3) is 3.21. The predicted molar refractivity (Wildman–Crippen MR) is 91.1 cm³/mol. The topological polar surface area (TPSA) is 85.3 Å². The first kappa shape index (κ1) is 18.2. The van der Waals surface area contributed by atoms with E-state index in [1.165, 1.54) is 0 Å². The summed E-state index contributed by atoms with van der Waals surface area (Å²) in [6, 6.07) is 7.02. The molecule has 24 heavy (non-hydrogen) atoms. The van der Waals surface area contributed by atoms with Gasteiger partial charge in [-0.15, -0.1) is 0 Å². The number of hydrogen-bond donors (Lipinski definition) is 1. The maximum Gasteiger partial charge on any atom is 0.338 e. The quantitative estimate of drug-likeness (QED) is 0.812. The van der Waals surface area contributed by atoms with Gasteiger partial charge >= 0.3 is 5.97 Å². The van der Waals surface area contributed by atoms with Gasteiger partial charge in [0.2, 0.25) is 5.88 Å². The average Bonchev–Trinajstić information content (AvgIpc) is 2.56. The van der Waals surface area contributed by atoms with E-state index < -0.39 is 11.9 Å². The summed E-state index contributed by atoms with van der Waals surface area (Å²) in [5.41, 5.74) is 6.69. The van der Waals surface area contributed by atoms with Gasteiger partial charge in [-0.25, -0.2) is 4.79 Å². The first-order valence-corrected chi connectivity index (χ1v) is 8.13. The lowest BCUT2D eigenvalue weighted by atomic mass is 9.82. The second-order valence-corrected chi connectivity index (χ2v) is 5.76. The molecule has 0 spiro atoms. The number of halogens is 2. The van der Waals surface area contributed by atoms with Gasteiger partial charge in [-0.2, -0.15) is 5.26 Å². The number of esters is 1. The standard InChI is InChI=1S/C17H16Cl2N2O3/c1-3-12-14(17(22)23-4-2)13(10(8-20)16(21)24-12)9-6-5-7-11(18)15(9)19/h5-7,13H,3-4,21H2,1-2H3. The van der Waals surface area contributed by atoms with Crippen molar-refractivity contribution in [2.24, 2.45) is 5.73 Å². The highest BCUT2D eigenvalue weighted by atomic mass is 35.5. The minimum atomic E-state index is -0.788. The van der Waals surface area contributed by atoms with Crippen molar-refractivity contribution in [1.82, 2.24) is 0 Å². The summed E-state index contributed by atoms with van der Waals surface area (Å²) in [5, 5.41) is 10.1. The molecule has 1 heterocycles. The van der Waals surface area contributed by atoms with Gasteiger partial charge in [-0.05, 0) is 18.6 Å². The zero-order valence-corrected chi connectivity index (χ0v) is 14.7. The lowest BCUT2D eigenvalue weighted by Crippen LogP contribution is -2.26. The van der Waals surface area contributed by atoms with Crippen molar-refractivity contribution in [3.63, 3.8) is 0 Å². The van der Waals surface area contributed by atoms with E-state index in [4.69, 9.17) is 38.4 Å². The van der Waals surface area contributed by atoms with E-state index >= 15 is 0 Å². The Morgan fingerprint density at radius 3 is 2.71 bits per heavy atom. The number of nitrogens with two attached hydrogens (primary N) is 1. The number of hydrogen-bond acceptors (Lipinski definition) is 5. The number of benzene rings is 1. The molecule has 7 heteroatoms. The summed E-state index contributed by atoms with van der Waals surface area (Å²) in [4.78, 5) is 12.5. The van der Waals surface area contributed by atoms with Gasteiger partial charge in [0.25, 0.3) is 0 Å². The molecular weight excluding hydrogens is 351 g/mol. The summed E-state index contributed by atoms with van der Waals surface area (Å²) in [6.45, 7) is 3.71. The first-order valence-electron chi connectivity index (χ1n) is 7.37. The molecule has 2 N–H and O–H groups in total. The molecule has 5 nitrogen and oxygen atoms in total. The number of nitriles is 1. The second-order valence-electron chi connectivity index (χ2n) is 4.98. The van der Waals surface area contributed by atoms with E-state index in [0.717, 1.165) is 0 Å². The zero-order valence-electron chi connectivity index (χ0n) is 13.2. The van der Waals surface area contributed by atoms with Crippen LogP contribution in [0.15, 0.2) is 41.0 Å². The van der Waals surface area contributed by atoms with Crippen molar-refractivity contribution >= 4 is 29.2 Å². The molecule has 0 aliphatic carbocycles. The smallest absolute Gasteiger partial charge is 0.338 e. The van der Waals surface area contributed by atoms with Crippen LogP contribution in [0.1, 0.15) is 31.7 Å². The number of allylic oxidation sites excluding steroid dienone is 2. The van der Waals surface area contributed by atoms with Gasteiger partial charge in [-0.3, -0.25) is 0 Å². The van der Waals surface area contributed by atoms with Crippen LogP contribution < -0.4 is 5.73 Å². The largest absolute Gasteiger partial charge is 0.463 e. The predicted octanol–water partition coefficient (Wildman–Crippen LogP) is 4.03. The molecule has 126 valence electrons. The third-order valence-electron chi connectivity index (χ3n) is 3.61. The minimum absolute atomic E-state index is 0.0524. The Balaban J connectivity index is 2.73. The van der Waals surface area contributed by atoms with Gasteiger partial charge in [0, 0.05) is 6.42 Å². The number of carbonyl (C=O) groups is 1. The Morgan fingerprint density at radius 1 is 1.42 bits per heavy atom. The Kier molecular flexibility index (Phi) is 5.76. The number of ether oxygens (including phenoxy) is 2. The van der Waals surface area contributed by atoms with Crippen molar-refractivity contribution in [2.45, 2.75) is 26.2 Å². The molecule has 0 saturated carbocycles. The van der Waals surface area contributed by atoms with Crippen LogP contribution in [0.3, 0.4) is 0 Å². The highest BCUT2D eigenvalue weighted by Crippen LogP contribution is 2.44. The fraction of sp³-hybridized carbons (Fsp3) is 0.294. The van der Waals surface area contributed by atoms with E-state index in [-0.39, 0.29) is 28.7 Å². The molecule has 1 aliphatic heterocycles. The molecule has 1 aliphatic rings. The molecule has 1 atom stereocenters. The van der Waals surface area contributed by atoms with Crippen LogP contribution in [-0.4, -0.2) is 12.6 Å². The van der Waals surface area contributed by atoms with Gasteiger partial charge < -0.3 is 15.2 Å². The molecule has 0 saturated heterocycles. The van der Waals surface area contributed by atoms with E-state index in [1.807, 2.05) is 13.0 Å². The molecule has 1 unspecified atom stereocenters. The molecule has 0 aromatic heterocycles.